The summed E-state index contributed by atoms with van der Waals surface area (Å²) in [6.07, 6.45) is 6.69. The molecule has 1 amide bonds. The predicted molar refractivity (Wildman–Crippen MR) is 77.8 cm³/mol. The lowest BCUT2D eigenvalue weighted by molar-refractivity contribution is 0.0741. The summed E-state index contributed by atoms with van der Waals surface area (Å²) in [7, 11) is 1.75. The van der Waals surface area contributed by atoms with Crippen LogP contribution in [0.25, 0.3) is 0 Å². The maximum Gasteiger partial charge on any atom is 0.276 e. The maximum atomic E-state index is 12.4. The Hall–Kier alpha value is -2.64. The van der Waals surface area contributed by atoms with Crippen LogP contribution in [0.3, 0.4) is 0 Å². The second-order valence-electron chi connectivity index (χ2n) is 4.95. The minimum Gasteiger partial charge on any atom is -0.396 e. The fourth-order valence-corrected chi connectivity index (χ4v) is 2.42. The molecule has 0 bridgehead atoms. The smallest absolute Gasteiger partial charge is 0.276 e. The van der Waals surface area contributed by atoms with Crippen LogP contribution < -0.4 is 10.6 Å². The molecule has 8 nitrogen and oxygen atoms in total. The molecular weight excluding hydrogens is 270 g/mol. The third-order valence-corrected chi connectivity index (χ3v) is 3.50. The lowest BCUT2D eigenvalue weighted by Crippen LogP contribution is -2.49. The summed E-state index contributed by atoms with van der Waals surface area (Å²) in [5.41, 5.74) is 6.55. The topological polar surface area (TPSA) is 93.2 Å². The van der Waals surface area contributed by atoms with Crippen molar-refractivity contribution in [1.29, 1.82) is 0 Å². The highest BCUT2D eigenvalue weighted by atomic mass is 16.2. The van der Waals surface area contributed by atoms with Crippen LogP contribution in [0, 0.1) is 0 Å². The Bertz CT molecular complexity index is 631. The van der Waals surface area contributed by atoms with E-state index < -0.39 is 0 Å². The van der Waals surface area contributed by atoms with Gasteiger partial charge in [0.15, 0.2) is 5.69 Å². The van der Waals surface area contributed by atoms with Crippen molar-refractivity contribution in [3.63, 3.8) is 0 Å². The Kier molecular flexibility index (Phi) is 3.43. The Morgan fingerprint density at radius 3 is 2.57 bits per heavy atom. The van der Waals surface area contributed by atoms with E-state index in [9.17, 15) is 4.79 Å². The zero-order valence-corrected chi connectivity index (χ0v) is 11.8. The molecule has 1 aliphatic heterocycles. The SMILES string of the molecule is Cn1cc(N)c(C(=O)N2CCN(c3cnccn3)CC2)n1. The molecule has 0 atom stereocenters. The summed E-state index contributed by atoms with van der Waals surface area (Å²) < 4.78 is 1.55. The van der Waals surface area contributed by atoms with Crippen molar-refractivity contribution in [2.24, 2.45) is 7.05 Å². The number of nitrogens with two attached hydrogens (primary N) is 1. The second-order valence-corrected chi connectivity index (χ2v) is 4.95. The van der Waals surface area contributed by atoms with Crippen molar-refractivity contribution >= 4 is 17.4 Å². The number of aromatic nitrogens is 4. The van der Waals surface area contributed by atoms with Gasteiger partial charge in [0.05, 0.1) is 11.9 Å². The fourth-order valence-electron chi connectivity index (χ4n) is 2.42. The number of anilines is 2. The molecule has 0 spiro atoms. The molecule has 1 aliphatic rings. The van der Waals surface area contributed by atoms with E-state index in [0.29, 0.717) is 24.5 Å². The molecule has 1 saturated heterocycles. The van der Waals surface area contributed by atoms with Crippen molar-refractivity contribution in [3.05, 3.63) is 30.5 Å². The first-order chi connectivity index (χ1) is 10.1. The van der Waals surface area contributed by atoms with Crippen LogP contribution in [0.15, 0.2) is 24.8 Å². The minimum absolute atomic E-state index is 0.119. The van der Waals surface area contributed by atoms with Gasteiger partial charge in [-0.25, -0.2) is 4.98 Å². The number of carbonyl (C=O) groups excluding carboxylic acids is 1. The van der Waals surface area contributed by atoms with E-state index in [1.165, 1.54) is 0 Å². The lowest BCUT2D eigenvalue weighted by atomic mass is 10.2. The molecule has 2 aromatic heterocycles. The highest BCUT2D eigenvalue weighted by molar-refractivity contribution is 5.97. The molecule has 0 aliphatic carbocycles. The van der Waals surface area contributed by atoms with Crippen molar-refractivity contribution in [1.82, 2.24) is 24.6 Å². The summed E-state index contributed by atoms with van der Waals surface area (Å²) in [6.45, 7) is 2.67. The predicted octanol–water partition coefficient (Wildman–Crippen LogP) is -0.245. The molecule has 21 heavy (non-hydrogen) atoms. The summed E-state index contributed by atoms with van der Waals surface area (Å²) in [6, 6.07) is 0. The van der Waals surface area contributed by atoms with E-state index in [2.05, 4.69) is 20.0 Å². The molecule has 3 rings (SSSR count). The second kappa shape index (κ2) is 5.39. The zero-order chi connectivity index (χ0) is 14.8. The van der Waals surface area contributed by atoms with Gasteiger partial charge in [-0.15, -0.1) is 0 Å². The summed E-state index contributed by atoms with van der Waals surface area (Å²) in [4.78, 5) is 24.6. The number of hydrogen-bond donors (Lipinski definition) is 1. The lowest BCUT2D eigenvalue weighted by Gasteiger charge is -2.34. The van der Waals surface area contributed by atoms with E-state index in [0.717, 1.165) is 18.9 Å². The molecule has 8 heteroatoms. The number of carbonyl (C=O) groups is 1. The highest BCUT2D eigenvalue weighted by Crippen LogP contribution is 2.15. The molecule has 110 valence electrons. The average Bonchev–Trinajstić information content (AvgIpc) is 2.86. The van der Waals surface area contributed by atoms with Gasteiger partial charge in [0, 0.05) is 51.8 Å². The van der Waals surface area contributed by atoms with Gasteiger partial charge in [0.25, 0.3) is 5.91 Å². The number of amides is 1. The van der Waals surface area contributed by atoms with E-state index in [1.54, 1.807) is 41.4 Å². The first kappa shape index (κ1) is 13.3. The summed E-state index contributed by atoms with van der Waals surface area (Å²) in [5.74, 6) is 0.717. The number of piperazine rings is 1. The Morgan fingerprint density at radius 1 is 1.24 bits per heavy atom. The van der Waals surface area contributed by atoms with Crippen molar-refractivity contribution in [2.75, 3.05) is 36.8 Å². The largest absolute Gasteiger partial charge is 0.396 e. The maximum absolute atomic E-state index is 12.4. The number of nitrogen functional groups attached to an aromatic ring is 1. The van der Waals surface area contributed by atoms with Gasteiger partial charge in [-0.2, -0.15) is 5.10 Å². The fraction of sp³-hybridized carbons (Fsp3) is 0.385. The van der Waals surface area contributed by atoms with Gasteiger partial charge < -0.3 is 15.5 Å². The zero-order valence-electron chi connectivity index (χ0n) is 11.8. The van der Waals surface area contributed by atoms with Gasteiger partial charge >= 0.3 is 0 Å². The third-order valence-electron chi connectivity index (χ3n) is 3.50. The van der Waals surface area contributed by atoms with Crippen LogP contribution in [0.4, 0.5) is 11.5 Å². The molecule has 0 radical (unpaired) electrons. The monoisotopic (exact) mass is 287 g/mol. The van der Waals surface area contributed by atoms with Crippen LogP contribution in [-0.4, -0.2) is 56.7 Å². The number of aryl methyl sites for hydroxylation is 1. The van der Waals surface area contributed by atoms with Gasteiger partial charge in [-0.1, -0.05) is 0 Å². The van der Waals surface area contributed by atoms with E-state index >= 15 is 0 Å². The van der Waals surface area contributed by atoms with Gasteiger partial charge in [0.2, 0.25) is 0 Å². The van der Waals surface area contributed by atoms with E-state index in [4.69, 9.17) is 5.73 Å². The summed E-state index contributed by atoms with van der Waals surface area (Å²) >= 11 is 0. The molecule has 1 fully saturated rings. The minimum atomic E-state index is -0.119. The van der Waals surface area contributed by atoms with Crippen molar-refractivity contribution in [3.8, 4) is 0 Å². The van der Waals surface area contributed by atoms with Gasteiger partial charge in [0.1, 0.15) is 5.82 Å². The Morgan fingerprint density at radius 2 is 2.00 bits per heavy atom. The van der Waals surface area contributed by atoms with Crippen LogP contribution in [0.1, 0.15) is 10.5 Å². The van der Waals surface area contributed by atoms with Gasteiger partial charge in [-0.3, -0.25) is 14.5 Å². The number of nitrogens with zero attached hydrogens (tertiary/aromatic N) is 6. The Balaban J connectivity index is 1.66. The van der Waals surface area contributed by atoms with Crippen LogP contribution in [0.2, 0.25) is 0 Å². The van der Waals surface area contributed by atoms with E-state index in [1.807, 2.05) is 0 Å². The molecule has 0 saturated carbocycles. The average molecular weight is 287 g/mol. The van der Waals surface area contributed by atoms with Gasteiger partial charge in [-0.05, 0) is 0 Å². The first-order valence-corrected chi connectivity index (χ1v) is 6.74. The van der Waals surface area contributed by atoms with Crippen LogP contribution in [-0.2, 0) is 7.05 Å². The standard InChI is InChI=1S/C13H17N7O/c1-18-9-10(14)12(17-18)13(21)20-6-4-19(5-7-20)11-8-15-2-3-16-11/h2-3,8-9H,4-7,14H2,1H3. The Labute approximate surface area is 122 Å². The van der Waals surface area contributed by atoms with Crippen LogP contribution in [0.5, 0.6) is 0 Å². The molecule has 0 aromatic carbocycles. The molecule has 3 heterocycles. The molecular formula is C13H17N7O. The number of rotatable bonds is 2. The first-order valence-electron chi connectivity index (χ1n) is 6.74. The summed E-state index contributed by atoms with van der Waals surface area (Å²) in [5, 5.41) is 4.13. The van der Waals surface area contributed by atoms with E-state index in [-0.39, 0.29) is 5.91 Å². The quantitative estimate of drug-likeness (QED) is 0.819. The van der Waals surface area contributed by atoms with Crippen molar-refractivity contribution in [2.45, 2.75) is 0 Å². The third kappa shape index (κ3) is 2.64. The van der Waals surface area contributed by atoms with Crippen LogP contribution >= 0.6 is 0 Å². The molecule has 2 N–H and O–H groups in total. The highest BCUT2D eigenvalue weighted by Gasteiger charge is 2.25. The molecule has 2 aromatic rings. The normalized spacial score (nSPS) is 15.3. The molecule has 0 unspecified atom stereocenters. The van der Waals surface area contributed by atoms with Crippen molar-refractivity contribution < 1.29 is 4.79 Å². The number of hydrogen-bond acceptors (Lipinski definition) is 6.